The summed E-state index contributed by atoms with van der Waals surface area (Å²) in [5, 5.41) is 2.16. The molecule has 0 saturated heterocycles. The number of benzene rings is 1. The topological polar surface area (TPSA) is 40.6 Å². The average molecular weight is 351 g/mol. The molecule has 0 atom stereocenters. The lowest BCUT2D eigenvalue weighted by molar-refractivity contribution is -0.114. The summed E-state index contributed by atoms with van der Waals surface area (Å²) >= 11 is 7.71. The third-order valence-corrected chi connectivity index (χ3v) is 5.58. The van der Waals surface area contributed by atoms with E-state index >= 15 is 0 Å². The molecule has 1 amide bonds. The van der Waals surface area contributed by atoms with Gasteiger partial charge in [0.15, 0.2) is 0 Å². The molecule has 118 valence electrons. The van der Waals surface area contributed by atoms with E-state index in [1.54, 1.807) is 11.3 Å². The van der Waals surface area contributed by atoms with Gasteiger partial charge < -0.3 is 0 Å². The molecule has 3 heterocycles. The Morgan fingerprint density at radius 2 is 2.09 bits per heavy atom. The Hall–Kier alpha value is -1.76. The van der Waals surface area contributed by atoms with Crippen LogP contribution in [0.4, 0.5) is 10.1 Å². The molecular weight excluding hydrogens is 339 g/mol. The number of anilines is 1. The Balaban J connectivity index is 1.65. The number of nitrogens with zero attached hydrogens (tertiary/aromatic N) is 2. The Bertz CT molecular complexity index is 835. The van der Waals surface area contributed by atoms with Crippen LogP contribution in [-0.4, -0.2) is 29.8 Å². The molecule has 0 fully saturated rings. The van der Waals surface area contributed by atoms with Crippen molar-refractivity contribution in [2.45, 2.75) is 13.0 Å². The van der Waals surface area contributed by atoms with E-state index in [1.165, 1.54) is 27.5 Å². The highest BCUT2D eigenvalue weighted by Crippen LogP contribution is 2.37. The molecule has 1 aromatic heterocycles. The predicted molar refractivity (Wildman–Crippen MR) is 86.5 cm³/mol. The van der Waals surface area contributed by atoms with Crippen LogP contribution in [-0.2, 0) is 17.8 Å². The van der Waals surface area contributed by atoms with Crippen LogP contribution in [0.2, 0.25) is 5.02 Å². The van der Waals surface area contributed by atoms with Gasteiger partial charge in [0.2, 0.25) is 0 Å². The van der Waals surface area contributed by atoms with Crippen LogP contribution < -0.4 is 4.90 Å². The molecule has 0 spiro atoms. The Kier molecular flexibility index (Phi) is 3.48. The first-order chi connectivity index (χ1) is 11.1. The molecule has 0 saturated carbocycles. The second kappa shape index (κ2) is 5.40. The maximum Gasteiger partial charge on any atom is 0.300 e. The van der Waals surface area contributed by atoms with E-state index in [9.17, 15) is 14.0 Å². The molecule has 0 N–H and O–H groups in total. The number of rotatable bonds is 2. The van der Waals surface area contributed by atoms with Gasteiger partial charge in [0, 0.05) is 18.0 Å². The fourth-order valence-corrected chi connectivity index (χ4v) is 4.24. The molecule has 0 radical (unpaired) electrons. The molecule has 0 aliphatic carbocycles. The normalized spacial score (nSPS) is 17.6. The number of carbonyl (C=O) groups excluding carboxylic acids is 2. The summed E-state index contributed by atoms with van der Waals surface area (Å²) in [5.41, 5.74) is 1.21. The number of hydrogen-bond acceptors (Lipinski definition) is 4. The van der Waals surface area contributed by atoms with Gasteiger partial charge in [-0.25, -0.2) is 4.39 Å². The predicted octanol–water partition coefficient (Wildman–Crippen LogP) is 3.09. The molecule has 7 heteroatoms. The third-order valence-electron chi connectivity index (χ3n) is 4.24. The number of amides is 1. The van der Waals surface area contributed by atoms with Crippen molar-refractivity contribution in [1.82, 2.24) is 4.90 Å². The molecule has 4 rings (SSSR count). The standard InChI is InChI=1S/C16H12ClFN2O2S/c17-10-1-2-11(18)14-13(10)15(21)16(22)20(14)8-19-5-3-12-9(7-19)4-6-23-12/h1-2,4,6H,3,5,7-8H2. The Morgan fingerprint density at radius 1 is 1.26 bits per heavy atom. The number of carbonyl (C=O) groups is 2. The van der Waals surface area contributed by atoms with Crippen LogP contribution in [0.15, 0.2) is 23.6 Å². The van der Waals surface area contributed by atoms with Crippen molar-refractivity contribution in [3.63, 3.8) is 0 Å². The number of hydrogen-bond donors (Lipinski definition) is 0. The maximum absolute atomic E-state index is 14.2. The highest BCUT2D eigenvalue weighted by Gasteiger charge is 2.40. The highest BCUT2D eigenvalue weighted by molar-refractivity contribution is 7.10. The number of halogens is 2. The third kappa shape index (κ3) is 2.29. The minimum absolute atomic E-state index is 0.00335. The lowest BCUT2D eigenvalue weighted by Gasteiger charge is -2.30. The van der Waals surface area contributed by atoms with Gasteiger partial charge >= 0.3 is 5.91 Å². The first kappa shape index (κ1) is 14.8. The van der Waals surface area contributed by atoms with Crippen molar-refractivity contribution in [1.29, 1.82) is 0 Å². The SMILES string of the molecule is O=C1C(=O)N(CN2CCc3sccc3C2)c2c(F)ccc(Cl)c21. The minimum Gasteiger partial charge on any atom is -0.288 e. The zero-order valence-corrected chi connectivity index (χ0v) is 13.6. The molecule has 2 aliphatic heterocycles. The molecule has 23 heavy (non-hydrogen) atoms. The zero-order valence-electron chi connectivity index (χ0n) is 12.0. The molecule has 1 aromatic carbocycles. The van der Waals surface area contributed by atoms with E-state index < -0.39 is 17.5 Å². The minimum atomic E-state index is -0.738. The first-order valence-corrected chi connectivity index (χ1v) is 8.44. The summed E-state index contributed by atoms with van der Waals surface area (Å²) in [6.07, 6.45) is 0.897. The Morgan fingerprint density at radius 3 is 2.91 bits per heavy atom. The van der Waals surface area contributed by atoms with Crippen molar-refractivity contribution in [3.8, 4) is 0 Å². The van der Waals surface area contributed by atoms with Gasteiger partial charge in [-0.3, -0.25) is 19.4 Å². The molecule has 2 aromatic rings. The second-order valence-electron chi connectivity index (χ2n) is 5.63. The van der Waals surface area contributed by atoms with Gasteiger partial charge in [-0.05, 0) is 35.6 Å². The van der Waals surface area contributed by atoms with E-state index in [2.05, 4.69) is 6.07 Å². The monoisotopic (exact) mass is 350 g/mol. The van der Waals surface area contributed by atoms with Crippen molar-refractivity contribution < 1.29 is 14.0 Å². The van der Waals surface area contributed by atoms with Gasteiger partial charge in [-0.15, -0.1) is 11.3 Å². The van der Waals surface area contributed by atoms with Crippen LogP contribution in [0.1, 0.15) is 20.8 Å². The van der Waals surface area contributed by atoms with Crippen molar-refractivity contribution in [2.75, 3.05) is 18.1 Å². The van der Waals surface area contributed by atoms with Crippen LogP contribution in [0, 0.1) is 5.82 Å². The van der Waals surface area contributed by atoms with Crippen LogP contribution in [0.5, 0.6) is 0 Å². The van der Waals surface area contributed by atoms with Crippen molar-refractivity contribution in [2.24, 2.45) is 0 Å². The highest BCUT2D eigenvalue weighted by atomic mass is 35.5. The van der Waals surface area contributed by atoms with E-state index in [-0.39, 0.29) is 22.9 Å². The lowest BCUT2D eigenvalue weighted by atomic mass is 10.1. The van der Waals surface area contributed by atoms with Gasteiger partial charge in [-0.2, -0.15) is 0 Å². The number of fused-ring (bicyclic) bond motifs is 2. The van der Waals surface area contributed by atoms with Crippen LogP contribution in [0.3, 0.4) is 0 Å². The van der Waals surface area contributed by atoms with Crippen LogP contribution in [0.25, 0.3) is 0 Å². The quantitative estimate of drug-likeness (QED) is 0.781. The van der Waals surface area contributed by atoms with E-state index in [0.717, 1.165) is 13.0 Å². The van der Waals surface area contributed by atoms with Crippen molar-refractivity contribution in [3.05, 3.63) is 50.4 Å². The van der Waals surface area contributed by atoms with E-state index in [0.29, 0.717) is 6.54 Å². The smallest absolute Gasteiger partial charge is 0.288 e. The van der Waals surface area contributed by atoms with Gasteiger partial charge in [0.05, 0.1) is 22.9 Å². The maximum atomic E-state index is 14.2. The summed E-state index contributed by atoms with van der Waals surface area (Å²) < 4.78 is 14.2. The lowest BCUT2D eigenvalue weighted by Crippen LogP contribution is -2.43. The molecular formula is C16H12ClFN2O2S. The number of ketones is 1. The largest absolute Gasteiger partial charge is 0.300 e. The van der Waals surface area contributed by atoms with Gasteiger partial charge in [0.25, 0.3) is 5.78 Å². The summed E-state index contributed by atoms with van der Waals surface area (Å²) in [6.45, 7) is 1.64. The number of Topliss-reactive ketones (excluding diaryl/α,β-unsaturated/α-hetero) is 1. The van der Waals surface area contributed by atoms with E-state index in [4.69, 9.17) is 11.6 Å². The second-order valence-corrected chi connectivity index (χ2v) is 7.04. The summed E-state index contributed by atoms with van der Waals surface area (Å²) in [5.74, 6) is -2.06. The average Bonchev–Trinajstić information content (AvgIpc) is 3.09. The summed E-state index contributed by atoms with van der Waals surface area (Å²) in [7, 11) is 0. The Labute approximate surface area is 141 Å². The summed E-state index contributed by atoms with van der Waals surface area (Å²) in [6, 6.07) is 4.56. The molecule has 0 bridgehead atoms. The molecule has 4 nitrogen and oxygen atoms in total. The van der Waals surface area contributed by atoms with Crippen molar-refractivity contribution >= 4 is 40.3 Å². The first-order valence-electron chi connectivity index (χ1n) is 7.18. The molecule has 0 unspecified atom stereocenters. The summed E-state index contributed by atoms with van der Waals surface area (Å²) in [4.78, 5) is 29.0. The fourth-order valence-electron chi connectivity index (χ4n) is 3.11. The molecule has 2 aliphatic rings. The fraction of sp³-hybridized carbons (Fsp3) is 0.250. The zero-order chi connectivity index (χ0) is 16.1. The van der Waals surface area contributed by atoms with Gasteiger partial charge in [0.1, 0.15) is 5.82 Å². The van der Waals surface area contributed by atoms with Crippen LogP contribution >= 0.6 is 22.9 Å². The number of thiophene rings is 1. The van der Waals surface area contributed by atoms with E-state index in [1.807, 2.05) is 10.3 Å². The van der Waals surface area contributed by atoms with Gasteiger partial charge in [-0.1, -0.05) is 11.6 Å².